The summed E-state index contributed by atoms with van der Waals surface area (Å²) in [4.78, 5) is 26.0. The van der Waals surface area contributed by atoms with Crippen molar-refractivity contribution in [3.05, 3.63) is 42.5 Å². The fourth-order valence-corrected chi connectivity index (χ4v) is 3.99. The summed E-state index contributed by atoms with van der Waals surface area (Å²) < 4.78 is 3.96. The summed E-state index contributed by atoms with van der Waals surface area (Å²) in [5.74, 6) is 1.88. The van der Waals surface area contributed by atoms with Gasteiger partial charge in [-0.2, -0.15) is 5.10 Å². The van der Waals surface area contributed by atoms with Gasteiger partial charge in [-0.05, 0) is 32.4 Å². The van der Waals surface area contributed by atoms with E-state index in [9.17, 15) is 4.79 Å². The molecule has 0 atom stereocenters. The second kappa shape index (κ2) is 9.20. The number of anilines is 1. The van der Waals surface area contributed by atoms with Crippen LogP contribution in [0.2, 0.25) is 0 Å². The number of benzene rings is 1. The van der Waals surface area contributed by atoms with Crippen LogP contribution in [0.15, 0.2) is 41.7 Å². The van der Waals surface area contributed by atoms with Crippen molar-refractivity contribution in [3.8, 4) is 0 Å². The number of hydrogen-bond donors (Lipinski definition) is 1. The number of aryl methyl sites for hydroxylation is 3. The first-order valence-corrected chi connectivity index (χ1v) is 10.8. The van der Waals surface area contributed by atoms with Crippen LogP contribution < -0.4 is 10.2 Å². The number of aromatic nitrogens is 4. The zero-order valence-corrected chi connectivity index (χ0v) is 18.5. The minimum absolute atomic E-state index is 0.0605. The van der Waals surface area contributed by atoms with E-state index in [1.807, 2.05) is 50.2 Å². The number of rotatable bonds is 6. The predicted octanol–water partition coefficient (Wildman–Crippen LogP) is 1.78. The average molecular weight is 423 g/mol. The van der Waals surface area contributed by atoms with Gasteiger partial charge in [-0.25, -0.2) is 4.98 Å². The Labute approximate surface area is 182 Å². The predicted molar refractivity (Wildman–Crippen MR) is 122 cm³/mol. The maximum atomic E-state index is 12.7. The summed E-state index contributed by atoms with van der Waals surface area (Å²) in [5, 5.41) is 7.51. The van der Waals surface area contributed by atoms with Crippen molar-refractivity contribution in [2.75, 3.05) is 37.6 Å². The molecule has 9 heteroatoms. The van der Waals surface area contributed by atoms with Gasteiger partial charge in [-0.1, -0.05) is 12.1 Å². The number of guanidine groups is 1. The number of nitrogens with zero attached hydrogens (tertiary/aromatic N) is 7. The highest BCUT2D eigenvalue weighted by Crippen LogP contribution is 2.17. The Morgan fingerprint density at radius 1 is 1.26 bits per heavy atom. The SMILES string of the molecule is CCNC(=NCCCn1c(C)nc2ccccc21)N1CCN(c2cnn(C)c2)C(=O)C1. The van der Waals surface area contributed by atoms with E-state index in [1.54, 1.807) is 15.8 Å². The standard InChI is InChI=1S/C22H30N8O/c1-4-23-22(28-12-13-30(21(31)16-28)18-14-25-27(3)15-18)24-10-7-11-29-17(2)26-19-8-5-6-9-20(19)29/h5-6,8-9,14-15H,4,7,10-13,16H2,1-3H3,(H,23,24). The summed E-state index contributed by atoms with van der Waals surface area (Å²) >= 11 is 0. The van der Waals surface area contributed by atoms with E-state index in [2.05, 4.69) is 26.0 Å². The third-order valence-corrected chi connectivity index (χ3v) is 5.50. The lowest BCUT2D eigenvalue weighted by Gasteiger charge is -2.35. The van der Waals surface area contributed by atoms with E-state index in [1.165, 1.54) is 0 Å². The molecular formula is C22H30N8O. The molecule has 1 saturated heterocycles. The molecular weight excluding hydrogens is 392 g/mol. The van der Waals surface area contributed by atoms with Gasteiger partial charge in [0.1, 0.15) is 12.4 Å². The number of piperazine rings is 1. The van der Waals surface area contributed by atoms with Crippen LogP contribution in [0.3, 0.4) is 0 Å². The molecule has 2 aromatic heterocycles. The third kappa shape index (κ3) is 4.55. The highest BCUT2D eigenvalue weighted by Gasteiger charge is 2.27. The van der Waals surface area contributed by atoms with E-state index >= 15 is 0 Å². The molecule has 1 aliphatic heterocycles. The Hall–Kier alpha value is -3.36. The second-order valence-corrected chi connectivity index (χ2v) is 7.73. The Morgan fingerprint density at radius 2 is 2.10 bits per heavy atom. The fourth-order valence-electron chi connectivity index (χ4n) is 3.99. The van der Waals surface area contributed by atoms with Crippen LogP contribution >= 0.6 is 0 Å². The number of aliphatic imine (C=N–C) groups is 1. The zero-order valence-electron chi connectivity index (χ0n) is 18.5. The van der Waals surface area contributed by atoms with Crippen LogP contribution in [-0.4, -0.2) is 68.8 Å². The van der Waals surface area contributed by atoms with Gasteiger partial charge >= 0.3 is 0 Å². The van der Waals surface area contributed by atoms with Gasteiger partial charge in [0, 0.05) is 46.0 Å². The second-order valence-electron chi connectivity index (χ2n) is 7.73. The summed E-state index contributed by atoms with van der Waals surface area (Å²) in [6.45, 7) is 8.07. The van der Waals surface area contributed by atoms with E-state index < -0.39 is 0 Å². The van der Waals surface area contributed by atoms with Crippen LogP contribution in [0, 0.1) is 6.92 Å². The molecule has 4 rings (SSSR count). The van der Waals surface area contributed by atoms with Crippen molar-refractivity contribution in [3.63, 3.8) is 0 Å². The largest absolute Gasteiger partial charge is 0.357 e. The quantitative estimate of drug-likeness (QED) is 0.372. The summed E-state index contributed by atoms with van der Waals surface area (Å²) in [5.41, 5.74) is 3.03. The maximum absolute atomic E-state index is 12.7. The highest BCUT2D eigenvalue weighted by atomic mass is 16.2. The number of imidazole rings is 1. The lowest BCUT2D eigenvalue weighted by Crippen LogP contribution is -2.55. The Morgan fingerprint density at radius 3 is 2.84 bits per heavy atom. The monoisotopic (exact) mass is 422 g/mol. The lowest BCUT2D eigenvalue weighted by molar-refractivity contribution is -0.120. The molecule has 1 amide bonds. The van der Waals surface area contributed by atoms with Gasteiger partial charge in [0.05, 0.1) is 22.9 Å². The number of nitrogens with one attached hydrogen (secondary N) is 1. The third-order valence-electron chi connectivity index (χ3n) is 5.50. The maximum Gasteiger partial charge on any atom is 0.246 e. The Bertz CT molecular complexity index is 1080. The molecule has 0 bridgehead atoms. The van der Waals surface area contributed by atoms with Crippen molar-refractivity contribution >= 4 is 28.6 Å². The number of para-hydroxylation sites is 2. The molecule has 164 valence electrons. The molecule has 1 fully saturated rings. The smallest absolute Gasteiger partial charge is 0.246 e. The van der Waals surface area contributed by atoms with Gasteiger partial charge in [-0.15, -0.1) is 0 Å². The molecule has 0 saturated carbocycles. The molecule has 31 heavy (non-hydrogen) atoms. The topological polar surface area (TPSA) is 83.6 Å². The molecule has 0 spiro atoms. The number of carbonyl (C=O) groups excluding carboxylic acids is 1. The molecule has 3 aromatic rings. The van der Waals surface area contributed by atoms with Gasteiger partial charge in [0.25, 0.3) is 0 Å². The first kappa shape index (κ1) is 20.9. The average Bonchev–Trinajstić information content (AvgIpc) is 3.32. The molecule has 1 aliphatic rings. The van der Waals surface area contributed by atoms with Crippen LogP contribution in [0.1, 0.15) is 19.2 Å². The van der Waals surface area contributed by atoms with Crippen molar-refractivity contribution in [2.24, 2.45) is 12.0 Å². The highest BCUT2D eigenvalue weighted by molar-refractivity contribution is 5.98. The normalized spacial score (nSPS) is 15.2. The molecule has 1 N–H and O–H groups in total. The molecule has 1 aromatic carbocycles. The summed E-state index contributed by atoms with van der Waals surface area (Å²) in [6.07, 6.45) is 4.50. The fraction of sp³-hybridized carbons (Fsp3) is 0.455. The Balaban J connectivity index is 1.37. The zero-order chi connectivity index (χ0) is 21.8. The molecule has 0 radical (unpaired) electrons. The van der Waals surface area contributed by atoms with Crippen molar-refractivity contribution in [1.29, 1.82) is 0 Å². The number of hydrogen-bond acceptors (Lipinski definition) is 4. The number of fused-ring (bicyclic) bond motifs is 1. The van der Waals surface area contributed by atoms with Crippen molar-refractivity contribution < 1.29 is 4.79 Å². The lowest BCUT2D eigenvalue weighted by atomic mass is 10.3. The van der Waals surface area contributed by atoms with Crippen LogP contribution in [0.25, 0.3) is 11.0 Å². The van der Waals surface area contributed by atoms with Gasteiger partial charge in [-0.3, -0.25) is 14.5 Å². The molecule has 3 heterocycles. The molecule has 9 nitrogen and oxygen atoms in total. The van der Waals surface area contributed by atoms with E-state index in [0.717, 1.165) is 54.6 Å². The first-order valence-electron chi connectivity index (χ1n) is 10.8. The molecule has 0 aliphatic carbocycles. The van der Waals surface area contributed by atoms with E-state index in [0.29, 0.717) is 19.6 Å². The minimum atomic E-state index is 0.0605. The number of amides is 1. The Kier molecular flexibility index (Phi) is 6.20. The minimum Gasteiger partial charge on any atom is -0.357 e. The van der Waals surface area contributed by atoms with Crippen molar-refractivity contribution in [1.82, 2.24) is 29.5 Å². The van der Waals surface area contributed by atoms with Crippen LogP contribution in [-0.2, 0) is 18.4 Å². The van der Waals surface area contributed by atoms with Crippen LogP contribution in [0.4, 0.5) is 5.69 Å². The number of carbonyl (C=O) groups is 1. The van der Waals surface area contributed by atoms with Crippen molar-refractivity contribution in [2.45, 2.75) is 26.8 Å². The summed E-state index contributed by atoms with van der Waals surface area (Å²) in [7, 11) is 1.86. The van der Waals surface area contributed by atoms with Gasteiger partial charge in [0.15, 0.2) is 5.96 Å². The van der Waals surface area contributed by atoms with Crippen LogP contribution in [0.5, 0.6) is 0 Å². The van der Waals surface area contributed by atoms with E-state index in [4.69, 9.17) is 4.99 Å². The van der Waals surface area contributed by atoms with Gasteiger partial charge < -0.3 is 19.7 Å². The first-order chi connectivity index (χ1) is 15.1. The van der Waals surface area contributed by atoms with Gasteiger partial charge in [0.2, 0.25) is 5.91 Å². The summed E-state index contributed by atoms with van der Waals surface area (Å²) in [6, 6.07) is 8.21. The van der Waals surface area contributed by atoms with E-state index in [-0.39, 0.29) is 5.91 Å². The molecule has 0 unspecified atom stereocenters.